The monoisotopic (exact) mass is 637 g/mol. The summed E-state index contributed by atoms with van der Waals surface area (Å²) in [6.45, 7) is 5.36. The molecule has 4 heteroatoms. The number of rotatable bonds is 38. The molecule has 268 valence electrons. The molecule has 0 aliphatic carbocycles. The standard InChI is InChI=1S/C41H80O4/c1-3-5-7-9-11-13-15-17-19-21-22-24-26-28-30-32-34-36-41(43)45-40(38-42)39-44-37-35-33-31-29-27-25-23-20-18-16-14-12-10-8-6-4-2/h18,20,40,42H,3-17,19,21-39H2,1-2H3/b20-18-. The Balaban J connectivity index is 3.40. The number of carbonyl (C=O) groups excluding carboxylic acids is 1. The van der Waals surface area contributed by atoms with Gasteiger partial charge in [-0.2, -0.15) is 0 Å². The predicted molar refractivity (Wildman–Crippen MR) is 196 cm³/mol. The third kappa shape index (κ3) is 37.5. The van der Waals surface area contributed by atoms with E-state index in [2.05, 4.69) is 26.0 Å². The van der Waals surface area contributed by atoms with Gasteiger partial charge in [-0.15, -0.1) is 0 Å². The Bertz CT molecular complexity index is 590. The minimum absolute atomic E-state index is 0.168. The molecule has 0 radical (unpaired) electrons. The lowest BCUT2D eigenvalue weighted by molar-refractivity contribution is -0.154. The zero-order chi connectivity index (χ0) is 32.7. The molecule has 0 bridgehead atoms. The number of carbonyl (C=O) groups is 1. The molecule has 0 spiro atoms. The number of esters is 1. The molecule has 0 saturated carbocycles. The van der Waals surface area contributed by atoms with Crippen LogP contribution in [-0.4, -0.2) is 37.0 Å². The Kier molecular flexibility index (Phi) is 38.5. The summed E-state index contributed by atoms with van der Waals surface area (Å²) in [6.07, 6.45) is 45.4. The second-order valence-electron chi connectivity index (χ2n) is 13.7. The van der Waals surface area contributed by atoms with E-state index in [9.17, 15) is 9.90 Å². The van der Waals surface area contributed by atoms with Crippen molar-refractivity contribution >= 4 is 5.97 Å². The first-order valence-corrected chi connectivity index (χ1v) is 20.3. The first-order chi connectivity index (χ1) is 22.2. The van der Waals surface area contributed by atoms with E-state index in [-0.39, 0.29) is 12.6 Å². The topological polar surface area (TPSA) is 55.8 Å². The third-order valence-corrected chi connectivity index (χ3v) is 9.09. The molecular formula is C41H80O4. The van der Waals surface area contributed by atoms with Crippen molar-refractivity contribution in [3.05, 3.63) is 12.2 Å². The lowest BCUT2D eigenvalue weighted by Gasteiger charge is -2.15. The van der Waals surface area contributed by atoms with Crippen molar-refractivity contribution in [3.63, 3.8) is 0 Å². The van der Waals surface area contributed by atoms with Gasteiger partial charge in [-0.1, -0.05) is 187 Å². The minimum atomic E-state index is -0.530. The second kappa shape index (κ2) is 39.3. The number of hydrogen-bond acceptors (Lipinski definition) is 4. The van der Waals surface area contributed by atoms with Gasteiger partial charge in [-0.05, 0) is 38.5 Å². The highest BCUT2D eigenvalue weighted by atomic mass is 16.6. The summed E-state index contributed by atoms with van der Waals surface area (Å²) < 4.78 is 11.1. The van der Waals surface area contributed by atoms with Gasteiger partial charge in [-0.25, -0.2) is 0 Å². The molecule has 0 saturated heterocycles. The lowest BCUT2D eigenvalue weighted by atomic mass is 10.0. The van der Waals surface area contributed by atoms with Crippen LogP contribution < -0.4 is 0 Å². The van der Waals surface area contributed by atoms with Crippen molar-refractivity contribution in [1.82, 2.24) is 0 Å². The molecule has 0 aliphatic heterocycles. The largest absolute Gasteiger partial charge is 0.457 e. The summed E-state index contributed by atoms with van der Waals surface area (Å²) in [5.74, 6) is -0.198. The Hall–Kier alpha value is -0.870. The average molecular weight is 637 g/mol. The quantitative estimate of drug-likeness (QED) is 0.0416. The molecule has 0 fully saturated rings. The molecular weight excluding hydrogens is 556 g/mol. The van der Waals surface area contributed by atoms with E-state index in [1.165, 1.54) is 180 Å². The van der Waals surface area contributed by atoms with Gasteiger partial charge in [0.25, 0.3) is 0 Å². The van der Waals surface area contributed by atoms with Crippen molar-refractivity contribution < 1.29 is 19.4 Å². The fourth-order valence-corrected chi connectivity index (χ4v) is 6.03. The van der Waals surface area contributed by atoms with E-state index in [4.69, 9.17) is 9.47 Å². The summed E-state index contributed by atoms with van der Waals surface area (Å²) in [4.78, 5) is 12.2. The van der Waals surface area contributed by atoms with E-state index in [0.717, 1.165) is 19.3 Å². The molecule has 1 unspecified atom stereocenters. The van der Waals surface area contributed by atoms with Crippen LogP contribution >= 0.6 is 0 Å². The van der Waals surface area contributed by atoms with E-state index >= 15 is 0 Å². The highest BCUT2D eigenvalue weighted by molar-refractivity contribution is 5.69. The minimum Gasteiger partial charge on any atom is -0.457 e. The predicted octanol–water partition coefficient (Wildman–Crippen LogP) is 13.0. The zero-order valence-electron chi connectivity index (χ0n) is 30.7. The Morgan fingerprint density at radius 1 is 0.511 bits per heavy atom. The van der Waals surface area contributed by atoms with Crippen LogP contribution in [0.5, 0.6) is 0 Å². The van der Waals surface area contributed by atoms with Crippen molar-refractivity contribution in [2.75, 3.05) is 19.8 Å². The van der Waals surface area contributed by atoms with Gasteiger partial charge < -0.3 is 14.6 Å². The number of ether oxygens (including phenoxy) is 2. The van der Waals surface area contributed by atoms with E-state index in [1.54, 1.807) is 0 Å². The molecule has 0 aromatic heterocycles. The fraction of sp³-hybridized carbons (Fsp3) is 0.927. The number of aliphatic hydroxyl groups is 1. The summed E-state index contributed by atoms with van der Waals surface area (Å²) in [5.41, 5.74) is 0. The summed E-state index contributed by atoms with van der Waals surface area (Å²) in [5, 5.41) is 9.58. The number of unbranched alkanes of at least 4 members (excludes halogenated alkanes) is 28. The number of aliphatic hydroxyl groups excluding tert-OH is 1. The first-order valence-electron chi connectivity index (χ1n) is 20.3. The van der Waals surface area contributed by atoms with Gasteiger partial charge >= 0.3 is 5.97 Å². The van der Waals surface area contributed by atoms with Gasteiger partial charge in [0.2, 0.25) is 0 Å². The SMILES string of the molecule is CCCCCCCC/C=C\CCCCCCCCOCC(CO)OC(=O)CCCCCCCCCCCCCCCCCCC. The molecule has 0 aliphatic rings. The summed E-state index contributed by atoms with van der Waals surface area (Å²) in [6, 6.07) is 0. The van der Waals surface area contributed by atoms with Gasteiger partial charge in [-0.3, -0.25) is 4.79 Å². The van der Waals surface area contributed by atoms with Crippen LogP contribution in [0.15, 0.2) is 12.2 Å². The Morgan fingerprint density at radius 3 is 1.27 bits per heavy atom. The van der Waals surface area contributed by atoms with Crippen LogP contribution in [-0.2, 0) is 14.3 Å². The lowest BCUT2D eigenvalue weighted by Crippen LogP contribution is -2.27. The number of hydrogen-bond donors (Lipinski definition) is 1. The Morgan fingerprint density at radius 2 is 0.867 bits per heavy atom. The summed E-state index contributed by atoms with van der Waals surface area (Å²) in [7, 11) is 0. The molecule has 0 aromatic carbocycles. The van der Waals surface area contributed by atoms with Crippen molar-refractivity contribution in [1.29, 1.82) is 0 Å². The Labute approximate surface area is 282 Å². The van der Waals surface area contributed by atoms with E-state index in [1.807, 2.05) is 0 Å². The fourth-order valence-electron chi connectivity index (χ4n) is 6.03. The van der Waals surface area contributed by atoms with Crippen LogP contribution in [0.4, 0.5) is 0 Å². The van der Waals surface area contributed by atoms with E-state index < -0.39 is 6.10 Å². The van der Waals surface area contributed by atoms with Crippen LogP contribution in [0.1, 0.15) is 219 Å². The first kappa shape index (κ1) is 44.1. The molecule has 1 atom stereocenters. The molecule has 4 nitrogen and oxygen atoms in total. The maximum atomic E-state index is 12.2. The maximum absolute atomic E-state index is 12.2. The van der Waals surface area contributed by atoms with Crippen LogP contribution in [0, 0.1) is 0 Å². The molecule has 0 amide bonds. The third-order valence-electron chi connectivity index (χ3n) is 9.09. The highest BCUT2D eigenvalue weighted by Gasteiger charge is 2.13. The van der Waals surface area contributed by atoms with Gasteiger partial charge in [0.1, 0.15) is 6.10 Å². The molecule has 45 heavy (non-hydrogen) atoms. The van der Waals surface area contributed by atoms with Crippen LogP contribution in [0.3, 0.4) is 0 Å². The average Bonchev–Trinajstić information content (AvgIpc) is 3.05. The smallest absolute Gasteiger partial charge is 0.306 e. The molecule has 1 N–H and O–H groups in total. The van der Waals surface area contributed by atoms with Gasteiger partial charge in [0, 0.05) is 13.0 Å². The van der Waals surface area contributed by atoms with Gasteiger partial charge in [0.05, 0.1) is 13.2 Å². The summed E-state index contributed by atoms with van der Waals surface area (Å²) >= 11 is 0. The molecule has 0 heterocycles. The second-order valence-corrected chi connectivity index (χ2v) is 13.7. The molecule has 0 aromatic rings. The highest BCUT2D eigenvalue weighted by Crippen LogP contribution is 2.15. The van der Waals surface area contributed by atoms with Gasteiger partial charge in [0.15, 0.2) is 0 Å². The maximum Gasteiger partial charge on any atom is 0.306 e. The number of allylic oxidation sites excluding steroid dienone is 2. The van der Waals surface area contributed by atoms with Crippen LogP contribution in [0.25, 0.3) is 0 Å². The van der Waals surface area contributed by atoms with Crippen molar-refractivity contribution in [2.45, 2.75) is 225 Å². The zero-order valence-corrected chi connectivity index (χ0v) is 30.7. The van der Waals surface area contributed by atoms with Crippen LogP contribution in [0.2, 0.25) is 0 Å². The van der Waals surface area contributed by atoms with Crippen molar-refractivity contribution in [2.24, 2.45) is 0 Å². The molecule has 0 rings (SSSR count). The van der Waals surface area contributed by atoms with Crippen molar-refractivity contribution in [3.8, 4) is 0 Å². The van der Waals surface area contributed by atoms with E-state index in [0.29, 0.717) is 19.6 Å². The normalized spacial score (nSPS) is 12.3.